The molecule has 0 aliphatic heterocycles. The molecule has 1 nitrogen and oxygen atoms in total. The molecule has 1 aromatic rings. The SMILES string of the molecule is CCCCCc1ccc([S+]=O)cc1. The van der Waals surface area contributed by atoms with Crippen molar-refractivity contribution in [2.45, 2.75) is 37.5 Å². The molecule has 0 aromatic heterocycles. The summed E-state index contributed by atoms with van der Waals surface area (Å²) >= 11 is 0.556. The summed E-state index contributed by atoms with van der Waals surface area (Å²) in [5.74, 6) is 0. The van der Waals surface area contributed by atoms with Crippen molar-refractivity contribution in [3.05, 3.63) is 29.8 Å². The van der Waals surface area contributed by atoms with Crippen LogP contribution in [0.5, 0.6) is 0 Å². The van der Waals surface area contributed by atoms with Gasteiger partial charge in [0.15, 0.2) is 0 Å². The van der Waals surface area contributed by atoms with E-state index in [1.54, 1.807) is 0 Å². The molecule has 0 aliphatic rings. The van der Waals surface area contributed by atoms with Crippen LogP contribution < -0.4 is 0 Å². The van der Waals surface area contributed by atoms with Crippen LogP contribution in [0.1, 0.15) is 31.7 Å². The summed E-state index contributed by atoms with van der Waals surface area (Å²) in [7, 11) is 0. The molecular weight excluding hydrogens is 180 g/mol. The van der Waals surface area contributed by atoms with Gasteiger partial charge in [-0.1, -0.05) is 31.9 Å². The van der Waals surface area contributed by atoms with Gasteiger partial charge < -0.3 is 0 Å². The van der Waals surface area contributed by atoms with Gasteiger partial charge in [0.05, 0.1) is 0 Å². The van der Waals surface area contributed by atoms with Crippen LogP contribution in [0, 0.1) is 0 Å². The second-order valence-electron chi connectivity index (χ2n) is 3.18. The fraction of sp³-hybridized carbons (Fsp3) is 0.455. The van der Waals surface area contributed by atoms with Crippen molar-refractivity contribution in [2.24, 2.45) is 0 Å². The van der Waals surface area contributed by atoms with Gasteiger partial charge >= 0.3 is 11.7 Å². The maximum absolute atomic E-state index is 10.4. The third kappa shape index (κ3) is 3.64. The summed E-state index contributed by atoms with van der Waals surface area (Å²) in [6.07, 6.45) is 4.94. The van der Waals surface area contributed by atoms with Crippen molar-refractivity contribution in [3.8, 4) is 0 Å². The Balaban J connectivity index is 2.44. The van der Waals surface area contributed by atoms with Gasteiger partial charge in [-0.25, -0.2) is 0 Å². The Morgan fingerprint density at radius 1 is 1.15 bits per heavy atom. The summed E-state index contributed by atoms with van der Waals surface area (Å²) in [4.78, 5) is 0.805. The molecule has 0 unspecified atom stereocenters. The lowest BCUT2D eigenvalue weighted by molar-refractivity contribution is 0.605. The van der Waals surface area contributed by atoms with E-state index in [4.69, 9.17) is 0 Å². The summed E-state index contributed by atoms with van der Waals surface area (Å²) in [5.41, 5.74) is 1.34. The van der Waals surface area contributed by atoms with Crippen LogP contribution in [-0.4, -0.2) is 0 Å². The fourth-order valence-corrected chi connectivity index (χ4v) is 1.54. The summed E-state index contributed by atoms with van der Waals surface area (Å²) in [5, 5.41) is 0. The zero-order valence-electron chi connectivity index (χ0n) is 7.95. The molecule has 0 atom stereocenters. The van der Waals surface area contributed by atoms with E-state index >= 15 is 0 Å². The molecule has 0 N–H and O–H groups in total. The van der Waals surface area contributed by atoms with E-state index < -0.39 is 0 Å². The van der Waals surface area contributed by atoms with E-state index in [2.05, 4.69) is 19.1 Å². The fourth-order valence-electron chi connectivity index (χ4n) is 1.29. The first-order chi connectivity index (χ1) is 6.36. The first kappa shape index (κ1) is 10.3. The topological polar surface area (TPSA) is 17.1 Å². The minimum absolute atomic E-state index is 0.556. The molecule has 13 heavy (non-hydrogen) atoms. The Morgan fingerprint density at radius 3 is 2.38 bits per heavy atom. The van der Waals surface area contributed by atoms with E-state index in [0.29, 0.717) is 11.7 Å². The van der Waals surface area contributed by atoms with E-state index in [1.165, 1.54) is 24.8 Å². The molecule has 0 amide bonds. The zero-order valence-corrected chi connectivity index (χ0v) is 8.77. The van der Waals surface area contributed by atoms with Gasteiger partial charge in [0.1, 0.15) is 0 Å². The maximum Gasteiger partial charge on any atom is 0.505 e. The van der Waals surface area contributed by atoms with Crippen LogP contribution in [0.25, 0.3) is 0 Å². The molecule has 0 saturated carbocycles. The predicted molar refractivity (Wildman–Crippen MR) is 56.0 cm³/mol. The van der Waals surface area contributed by atoms with Gasteiger partial charge in [-0.3, -0.25) is 0 Å². The molecule has 2 heteroatoms. The Bertz CT molecular complexity index is 253. The van der Waals surface area contributed by atoms with Crippen LogP contribution in [0.3, 0.4) is 0 Å². The molecule has 0 saturated heterocycles. The van der Waals surface area contributed by atoms with Crippen LogP contribution >= 0.6 is 0 Å². The molecule has 0 bridgehead atoms. The predicted octanol–water partition coefficient (Wildman–Crippen LogP) is 3.21. The number of hydrogen-bond donors (Lipinski definition) is 0. The Morgan fingerprint density at radius 2 is 1.85 bits per heavy atom. The molecule has 0 heterocycles. The molecule has 70 valence electrons. The van der Waals surface area contributed by atoms with Gasteiger partial charge in [0.25, 0.3) is 4.90 Å². The number of aryl methyl sites for hydroxylation is 1. The zero-order chi connectivity index (χ0) is 9.52. The average Bonchev–Trinajstić information content (AvgIpc) is 2.19. The summed E-state index contributed by atoms with van der Waals surface area (Å²) in [6, 6.07) is 7.91. The highest BCUT2D eigenvalue weighted by atomic mass is 32.1. The standard InChI is InChI=1S/C11H15OS/c1-2-3-4-5-10-6-8-11(13-12)9-7-10/h6-9H,2-5H2,1H3/q+1. The van der Waals surface area contributed by atoms with E-state index in [-0.39, 0.29) is 0 Å². The Hall–Kier alpha value is -0.760. The molecule has 1 rings (SSSR count). The van der Waals surface area contributed by atoms with Crippen molar-refractivity contribution < 1.29 is 4.21 Å². The van der Waals surface area contributed by atoms with E-state index in [9.17, 15) is 4.21 Å². The van der Waals surface area contributed by atoms with Crippen LogP contribution in [-0.2, 0) is 22.3 Å². The van der Waals surface area contributed by atoms with Crippen molar-refractivity contribution in [1.29, 1.82) is 0 Å². The smallest absolute Gasteiger partial charge is 0.0654 e. The number of hydrogen-bond acceptors (Lipinski definition) is 1. The molecule has 0 spiro atoms. The minimum Gasteiger partial charge on any atom is -0.0654 e. The van der Waals surface area contributed by atoms with Crippen LogP contribution in [0.2, 0.25) is 0 Å². The molecule has 0 radical (unpaired) electrons. The second-order valence-corrected chi connectivity index (χ2v) is 3.82. The lowest BCUT2D eigenvalue weighted by atomic mass is 10.1. The highest BCUT2D eigenvalue weighted by Crippen LogP contribution is 2.08. The van der Waals surface area contributed by atoms with Crippen molar-refractivity contribution >= 4 is 11.7 Å². The maximum atomic E-state index is 10.4. The van der Waals surface area contributed by atoms with E-state index in [0.717, 1.165) is 11.3 Å². The van der Waals surface area contributed by atoms with E-state index in [1.807, 2.05) is 12.1 Å². The average molecular weight is 195 g/mol. The summed E-state index contributed by atoms with van der Waals surface area (Å²) in [6.45, 7) is 2.21. The van der Waals surface area contributed by atoms with Crippen molar-refractivity contribution in [3.63, 3.8) is 0 Å². The molecule has 0 aliphatic carbocycles. The van der Waals surface area contributed by atoms with Gasteiger partial charge in [0.2, 0.25) is 0 Å². The Kier molecular flexibility index (Phi) is 4.61. The van der Waals surface area contributed by atoms with Gasteiger partial charge in [-0.15, -0.1) is 0 Å². The largest absolute Gasteiger partial charge is 0.505 e. The molecule has 1 aromatic carbocycles. The second kappa shape index (κ2) is 5.81. The third-order valence-corrected chi connectivity index (χ3v) is 2.55. The van der Waals surface area contributed by atoms with Gasteiger partial charge in [-0.2, -0.15) is 0 Å². The molecule has 0 fully saturated rings. The monoisotopic (exact) mass is 195 g/mol. The number of rotatable bonds is 5. The third-order valence-electron chi connectivity index (χ3n) is 2.09. The first-order valence-electron chi connectivity index (χ1n) is 4.75. The lowest BCUT2D eigenvalue weighted by Gasteiger charge is -1.97. The highest BCUT2D eigenvalue weighted by Gasteiger charge is 2.03. The summed E-state index contributed by atoms with van der Waals surface area (Å²) < 4.78 is 10.4. The van der Waals surface area contributed by atoms with Gasteiger partial charge in [0, 0.05) is 16.3 Å². The van der Waals surface area contributed by atoms with Gasteiger partial charge in [-0.05, 0) is 18.4 Å². The van der Waals surface area contributed by atoms with Crippen LogP contribution in [0.15, 0.2) is 29.2 Å². The van der Waals surface area contributed by atoms with Crippen LogP contribution in [0.4, 0.5) is 0 Å². The lowest BCUT2D eigenvalue weighted by Crippen LogP contribution is -1.85. The van der Waals surface area contributed by atoms with Crippen molar-refractivity contribution in [1.82, 2.24) is 0 Å². The first-order valence-corrected chi connectivity index (χ1v) is 5.49. The van der Waals surface area contributed by atoms with Crippen molar-refractivity contribution in [2.75, 3.05) is 0 Å². The normalized spacial score (nSPS) is 9.92. The quantitative estimate of drug-likeness (QED) is 0.521. The molecular formula is C11H15OS+. The number of unbranched alkanes of at least 4 members (excludes halogenated alkanes) is 2. The Labute approximate surface area is 83.7 Å². The highest BCUT2D eigenvalue weighted by molar-refractivity contribution is 7.65. The minimum atomic E-state index is 0.556. The number of benzene rings is 1.